The van der Waals surface area contributed by atoms with Crippen molar-refractivity contribution >= 4 is 106 Å². The molecule has 12 aromatic rings. The summed E-state index contributed by atoms with van der Waals surface area (Å²) in [6.07, 6.45) is 0. The second-order valence-electron chi connectivity index (χ2n) is 13.9. The number of pyridine rings is 1. The van der Waals surface area contributed by atoms with Crippen molar-refractivity contribution in [1.82, 2.24) is 9.55 Å². The first kappa shape index (κ1) is 29.3. The number of benzene rings is 8. The fourth-order valence-electron chi connectivity index (χ4n) is 8.60. The predicted molar refractivity (Wildman–Crippen MR) is 230 cm³/mol. The molecule has 0 saturated heterocycles. The average Bonchev–Trinajstić information content (AvgIpc) is 3.90. The number of thiophene rings is 2. The molecule has 246 valence electrons. The maximum atomic E-state index is 5.68. The lowest BCUT2D eigenvalue weighted by atomic mass is 9.98. The maximum Gasteiger partial charge on any atom is 0.139 e. The van der Waals surface area contributed by atoms with Gasteiger partial charge in [0.05, 0.1) is 16.7 Å². The molecule has 0 N–H and O–H groups in total. The van der Waals surface area contributed by atoms with Crippen LogP contribution in [0.5, 0.6) is 0 Å². The van der Waals surface area contributed by atoms with Crippen LogP contribution in [0.2, 0.25) is 0 Å². The smallest absolute Gasteiger partial charge is 0.139 e. The summed E-state index contributed by atoms with van der Waals surface area (Å²) in [5.74, 6) is 0.939. The number of aromatic nitrogens is 2. The van der Waals surface area contributed by atoms with Gasteiger partial charge in [-0.05, 0) is 57.6 Å². The summed E-state index contributed by atoms with van der Waals surface area (Å²) < 4.78 is 7.60. The highest BCUT2D eigenvalue weighted by molar-refractivity contribution is 7.27. The summed E-state index contributed by atoms with van der Waals surface area (Å²) in [7, 11) is 0. The molecular weight excluding hydrogens is 681 g/mol. The molecule has 0 fully saturated rings. The van der Waals surface area contributed by atoms with Crippen LogP contribution < -0.4 is 0 Å². The van der Waals surface area contributed by atoms with E-state index < -0.39 is 0 Å². The van der Waals surface area contributed by atoms with E-state index >= 15 is 0 Å². The van der Waals surface area contributed by atoms with Gasteiger partial charge in [0.1, 0.15) is 5.82 Å². The Bertz CT molecular complexity index is 3450. The fourth-order valence-corrected chi connectivity index (χ4v) is 11.0. The third-order valence-corrected chi connectivity index (χ3v) is 13.3. The van der Waals surface area contributed by atoms with Gasteiger partial charge in [0.25, 0.3) is 0 Å². The van der Waals surface area contributed by atoms with Crippen LogP contribution in [0.3, 0.4) is 0 Å². The summed E-state index contributed by atoms with van der Waals surface area (Å²) in [5.41, 5.74) is 6.92. The van der Waals surface area contributed by atoms with Crippen LogP contribution in [0, 0.1) is 0 Å². The van der Waals surface area contributed by atoms with Crippen molar-refractivity contribution < 1.29 is 0 Å². The Morgan fingerprint density at radius 2 is 1.00 bits per heavy atom. The van der Waals surface area contributed by atoms with Crippen molar-refractivity contribution in [1.29, 1.82) is 0 Å². The molecule has 4 heterocycles. The van der Waals surface area contributed by atoms with Gasteiger partial charge in [-0.2, -0.15) is 0 Å². The summed E-state index contributed by atoms with van der Waals surface area (Å²) in [6.45, 7) is 0. The third kappa shape index (κ3) is 4.22. The highest BCUT2D eigenvalue weighted by atomic mass is 32.1. The number of hydrogen-bond acceptors (Lipinski definition) is 3. The Balaban J connectivity index is 1.16. The molecule has 0 saturated carbocycles. The van der Waals surface area contributed by atoms with Crippen LogP contribution in [0.1, 0.15) is 0 Å². The first-order valence-electron chi connectivity index (χ1n) is 18.0. The molecule has 4 heteroatoms. The van der Waals surface area contributed by atoms with Crippen molar-refractivity contribution in [3.8, 4) is 28.2 Å². The zero-order chi connectivity index (χ0) is 34.6. The molecule has 0 aliphatic carbocycles. The van der Waals surface area contributed by atoms with Gasteiger partial charge in [0.2, 0.25) is 0 Å². The number of fused-ring (bicyclic) bond motifs is 14. The van der Waals surface area contributed by atoms with E-state index in [9.17, 15) is 0 Å². The molecule has 0 unspecified atom stereocenters. The van der Waals surface area contributed by atoms with Gasteiger partial charge in [0.15, 0.2) is 0 Å². The molecule has 12 rings (SSSR count). The van der Waals surface area contributed by atoms with Gasteiger partial charge in [0, 0.05) is 62.1 Å². The summed E-state index contributed by atoms with van der Waals surface area (Å²) in [6, 6.07) is 62.0. The Kier molecular flexibility index (Phi) is 6.12. The molecule has 0 aliphatic rings. The second-order valence-corrected chi connectivity index (χ2v) is 16.0. The monoisotopic (exact) mass is 708 g/mol. The standard InChI is InChI=1S/C49H28N2S2/c1-2-12-32-27-33(26-23-29(32)11-1)30-21-24-31(25-22-30)47-45-38-17-7-9-19-40(38)52-42(45)28-43(50-47)51-39-18-8-5-15-36(39)46-48(51)35-14-4-3-13-34(35)44-37-16-6-10-20-41(37)53-49(44)46/h1-28H. The van der Waals surface area contributed by atoms with Gasteiger partial charge in [-0.15, -0.1) is 22.7 Å². The van der Waals surface area contributed by atoms with Crippen LogP contribution in [0.15, 0.2) is 170 Å². The summed E-state index contributed by atoms with van der Waals surface area (Å²) in [5, 5.41) is 12.7. The van der Waals surface area contributed by atoms with Crippen LogP contribution in [-0.2, 0) is 0 Å². The van der Waals surface area contributed by atoms with E-state index in [0.717, 1.165) is 17.1 Å². The normalized spacial score (nSPS) is 12.2. The topological polar surface area (TPSA) is 17.8 Å². The molecule has 4 aromatic heterocycles. The van der Waals surface area contributed by atoms with Gasteiger partial charge in [-0.3, -0.25) is 4.57 Å². The highest BCUT2D eigenvalue weighted by Gasteiger charge is 2.23. The lowest BCUT2D eigenvalue weighted by Crippen LogP contribution is -2.00. The van der Waals surface area contributed by atoms with Gasteiger partial charge >= 0.3 is 0 Å². The van der Waals surface area contributed by atoms with E-state index in [-0.39, 0.29) is 0 Å². The fraction of sp³-hybridized carbons (Fsp3) is 0. The van der Waals surface area contributed by atoms with Gasteiger partial charge in [-0.1, -0.05) is 140 Å². The molecule has 0 atom stereocenters. The minimum Gasteiger partial charge on any atom is -0.293 e. The van der Waals surface area contributed by atoms with E-state index in [2.05, 4.69) is 174 Å². The lowest BCUT2D eigenvalue weighted by Gasteiger charge is -2.13. The predicted octanol–water partition coefficient (Wildman–Crippen LogP) is 14.6. The Labute approximate surface area is 312 Å². The molecule has 2 nitrogen and oxygen atoms in total. The molecule has 0 amide bonds. The quantitative estimate of drug-likeness (QED) is 0.179. The van der Waals surface area contributed by atoms with Crippen molar-refractivity contribution in [2.24, 2.45) is 0 Å². The highest BCUT2D eigenvalue weighted by Crippen LogP contribution is 2.49. The number of para-hydroxylation sites is 1. The minimum absolute atomic E-state index is 0.939. The van der Waals surface area contributed by atoms with Crippen LogP contribution in [0.4, 0.5) is 0 Å². The number of rotatable bonds is 3. The van der Waals surface area contributed by atoms with Crippen molar-refractivity contribution in [2.75, 3.05) is 0 Å². The second kappa shape index (κ2) is 11.1. The van der Waals surface area contributed by atoms with Crippen molar-refractivity contribution in [3.05, 3.63) is 170 Å². The van der Waals surface area contributed by atoms with Crippen LogP contribution >= 0.6 is 22.7 Å². The molecule has 0 bridgehead atoms. The Hall–Kier alpha value is -6.33. The molecule has 0 spiro atoms. The van der Waals surface area contributed by atoms with E-state index in [4.69, 9.17) is 4.98 Å². The van der Waals surface area contributed by atoms with E-state index in [1.165, 1.54) is 94.8 Å². The minimum atomic E-state index is 0.939. The molecule has 0 aliphatic heterocycles. The van der Waals surface area contributed by atoms with Crippen LogP contribution in [-0.4, -0.2) is 9.55 Å². The zero-order valence-electron chi connectivity index (χ0n) is 28.4. The number of nitrogens with zero attached hydrogens (tertiary/aromatic N) is 2. The van der Waals surface area contributed by atoms with Crippen molar-refractivity contribution in [3.63, 3.8) is 0 Å². The van der Waals surface area contributed by atoms with Gasteiger partial charge < -0.3 is 0 Å². The molecule has 0 radical (unpaired) electrons. The maximum absolute atomic E-state index is 5.68. The SMILES string of the molecule is c1ccc2cc(-c3ccc(-c4nc(-n5c6ccccc6c6c7sc8ccccc8c7c7ccccc7c65)cc5sc6ccccc6c45)cc3)ccc2c1. The molecule has 53 heavy (non-hydrogen) atoms. The van der Waals surface area contributed by atoms with Crippen molar-refractivity contribution in [2.45, 2.75) is 0 Å². The van der Waals surface area contributed by atoms with E-state index in [1.54, 1.807) is 0 Å². The first-order chi connectivity index (χ1) is 26.3. The summed E-state index contributed by atoms with van der Waals surface area (Å²) >= 11 is 3.75. The zero-order valence-corrected chi connectivity index (χ0v) is 30.0. The first-order valence-corrected chi connectivity index (χ1v) is 19.6. The Morgan fingerprint density at radius 1 is 0.396 bits per heavy atom. The van der Waals surface area contributed by atoms with E-state index in [0.29, 0.717) is 0 Å². The molecular formula is C49H28N2S2. The lowest BCUT2D eigenvalue weighted by molar-refractivity contribution is 1.10. The average molecular weight is 709 g/mol. The molecule has 8 aromatic carbocycles. The number of hydrogen-bond donors (Lipinski definition) is 0. The summed E-state index contributed by atoms with van der Waals surface area (Å²) in [4.78, 5) is 5.68. The largest absolute Gasteiger partial charge is 0.293 e. The Morgan fingerprint density at radius 3 is 1.81 bits per heavy atom. The third-order valence-electron chi connectivity index (χ3n) is 11.0. The van der Waals surface area contributed by atoms with Crippen LogP contribution in [0.25, 0.3) is 112 Å². The van der Waals surface area contributed by atoms with E-state index in [1.807, 2.05) is 22.7 Å². The van der Waals surface area contributed by atoms with Gasteiger partial charge in [-0.25, -0.2) is 4.98 Å².